The van der Waals surface area contributed by atoms with Crippen LogP contribution in [0.5, 0.6) is 0 Å². The number of halogens is 1. The van der Waals surface area contributed by atoms with Gasteiger partial charge in [-0.05, 0) is 55.0 Å². The molecule has 10 heteroatoms. The van der Waals surface area contributed by atoms with E-state index < -0.39 is 12.7 Å². The SMILES string of the molecule is Cc1ccnc(C(CF)Nc2ccc3c(c2)Sc2cccc(C4CN(c5ccc[nH]c5=O)CCO4)c2S3)n1. The minimum Gasteiger partial charge on any atom is -0.373 e. The Kier molecular flexibility index (Phi) is 7.10. The lowest BCUT2D eigenvalue weighted by Gasteiger charge is -2.35. The number of hydrogen-bond donors (Lipinski definition) is 2. The van der Waals surface area contributed by atoms with Crippen molar-refractivity contribution in [2.45, 2.75) is 38.7 Å². The first-order chi connectivity index (χ1) is 18.6. The third-order valence-electron chi connectivity index (χ3n) is 6.56. The Hall–Kier alpha value is -3.34. The zero-order valence-corrected chi connectivity index (χ0v) is 22.3. The van der Waals surface area contributed by atoms with E-state index in [9.17, 15) is 9.18 Å². The van der Waals surface area contributed by atoms with Crippen molar-refractivity contribution in [3.05, 3.63) is 94.4 Å². The summed E-state index contributed by atoms with van der Waals surface area (Å²) in [5.74, 6) is 0.446. The summed E-state index contributed by atoms with van der Waals surface area (Å²) in [4.78, 5) is 30.4. The van der Waals surface area contributed by atoms with Gasteiger partial charge >= 0.3 is 0 Å². The Morgan fingerprint density at radius 1 is 1.16 bits per heavy atom. The molecule has 0 saturated carbocycles. The normalized spacial score (nSPS) is 17.4. The molecular weight excluding hydrogens is 521 g/mol. The number of benzene rings is 2. The lowest BCUT2D eigenvalue weighted by atomic mass is 10.1. The summed E-state index contributed by atoms with van der Waals surface area (Å²) in [7, 11) is 0. The number of nitrogens with zero attached hydrogens (tertiary/aromatic N) is 3. The molecule has 0 radical (unpaired) electrons. The molecule has 2 atom stereocenters. The first-order valence-corrected chi connectivity index (χ1v) is 14.0. The molecule has 2 aliphatic rings. The number of alkyl halides is 1. The van der Waals surface area contributed by atoms with Crippen LogP contribution in [-0.2, 0) is 4.74 Å². The highest BCUT2D eigenvalue weighted by Gasteiger charge is 2.29. The van der Waals surface area contributed by atoms with Crippen molar-refractivity contribution >= 4 is 34.9 Å². The van der Waals surface area contributed by atoms with Gasteiger partial charge in [-0.1, -0.05) is 35.7 Å². The minimum atomic E-state index is -0.615. The van der Waals surface area contributed by atoms with Crippen LogP contribution in [0.2, 0.25) is 0 Å². The molecule has 2 aliphatic heterocycles. The molecule has 38 heavy (non-hydrogen) atoms. The zero-order valence-electron chi connectivity index (χ0n) is 20.7. The fraction of sp³-hybridized carbons (Fsp3) is 0.250. The topological polar surface area (TPSA) is 83.1 Å². The van der Waals surface area contributed by atoms with E-state index in [0.29, 0.717) is 31.2 Å². The van der Waals surface area contributed by atoms with Crippen LogP contribution in [0.15, 0.2) is 91.4 Å². The molecule has 1 fully saturated rings. The molecule has 2 N–H and O–H groups in total. The third-order valence-corrected chi connectivity index (χ3v) is 9.17. The Balaban J connectivity index is 1.23. The molecule has 0 amide bonds. The Labute approximate surface area is 228 Å². The smallest absolute Gasteiger partial charge is 0.271 e. The fourth-order valence-corrected chi connectivity index (χ4v) is 7.14. The highest BCUT2D eigenvalue weighted by atomic mass is 32.2. The van der Waals surface area contributed by atoms with Gasteiger partial charge in [-0.2, -0.15) is 0 Å². The fourth-order valence-electron chi connectivity index (χ4n) is 4.69. The summed E-state index contributed by atoms with van der Waals surface area (Å²) in [6, 6.07) is 17.3. The van der Waals surface area contributed by atoms with Crippen LogP contribution in [0, 0.1) is 6.92 Å². The maximum atomic E-state index is 13.9. The van der Waals surface area contributed by atoms with Crippen LogP contribution in [-0.4, -0.2) is 41.3 Å². The van der Waals surface area contributed by atoms with Crippen molar-refractivity contribution in [3.8, 4) is 0 Å². The summed E-state index contributed by atoms with van der Waals surface area (Å²) in [6.07, 6.45) is 3.16. The van der Waals surface area contributed by atoms with Gasteiger partial charge in [0.2, 0.25) is 0 Å². The van der Waals surface area contributed by atoms with Crippen LogP contribution in [0.1, 0.15) is 29.2 Å². The van der Waals surface area contributed by atoms with E-state index in [1.807, 2.05) is 25.1 Å². The molecule has 4 aromatic rings. The van der Waals surface area contributed by atoms with Gasteiger partial charge in [0.1, 0.15) is 24.5 Å². The molecule has 2 unspecified atom stereocenters. The number of nitrogens with one attached hydrogen (secondary N) is 2. The number of aryl methyl sites for hydroxylation is 1. The van der Waals surface area contributed by atoms with Crippen molar-refractivity contribution < 1.29 is 9.13 Å². The monoisotopic (exact) mass is 547 g/mol. The number of morpholine rings is 1. The Morgan fingerprint density at radius 2 is 2.08 bits per heavy atom. The number of H-pyrrole nitrogens is 1. The first kappa shape index (κ1) is 25.0. The van der Waals surface area contributed by atoms with Crippen molar-refractivity contribution in [3.63, 3.8) is 0 Å². The summed E-state index contributed by atoms with van der Waals surface area (Å²) >= 11 is 3.42. The molecule has 4 heterocycles. The van der Waals surface area contributed by atoms with E-state index in [0.717, 1.165) is 31.6 Å². The summed E-state index contributed by atoms with van der Waals surface area (Å²) in [5, 5.41) is 3.26. The largest absolute Gasteiger partial charge is 0.373 e. The Morgan fingerprint density at radius 3 is 2.92 bits per heavy atom. The number of aromatic amines is 1. The van der Waals surface area contributed by atoms with E-state index >= 15 is 0 Å². The van der Waals surface area contributed by atoms with Gasteiger partial charge in [-0.3, -0.25) is 4.79 Å². The van der Waals surface area contributed by atoms with Crippen LogP contribution in [0.4, 0.5) is 15.8 Å². The van der Waals surface area contributed by atoms with E-state index in [2.05, 4.69) is 55.5 Å². The van der Waals surface area contributed by atoms with Crippen molar-refractivity contribution in [1.29, 1.82) is 0 Å². The average molecular weight is 548 g/mol. The quantitative estimate of drug-likeness (QED) is 0.276. The van der Waals surface area contributed by atoms with Gasteiger partial charge in [0, 0.05) is 56.4 Å². The van der Waals surface area contributed by atoms with E-state index in [1.54, 1.807) is 42.0 Å². The molecule has 194 valence electrons. The standard InChI is InChI=1S/C28H26FN5O2S2/c1-17-9-11-30-27(32-17)20(15-29)33-18-7-8-23-25(14-18)37-24-6-2-4-19(26(24)38-23)22-16-34(12-13-36-22)21-5-3-10-31-28(21)35/h2-11,14,20,22,33H,12-13,15-16H2,1H3,(H,31,35). The van der Waals surface area contributed by atoms with Gasteiger partial charge in [-0.25, -0.2) is 14.4 Å². The number of ether oxygens (including phenoxy) is 1. The molecule has 7 nitrogen and oxygen atoms in total. The second-order valence-corrected chi connectivity index (χ2v) is 11.3. The molecule has 6 rings (SSSR count). The molecule has 0 aliphatic carbocycles. The van der Waals surface area contributed by atoms with Crippen LogP contribution in [0.25, 0.3) is 0 Å². The minimum absolute atomic E-state index is 0.0875. The predicted molar refractivity (Wildman–Crippen MR) is 148 cm³/mol. The van der Waals surface area contributed by atoms with Crippen molar-refractivity contribution in [1.82, 2.24) is 15.0 Å². The van der Waals surface area contributed by atoms with E-state index in [-0.39, 0.29) is 11.7 Å². The van der Waals surface area contributed by atoms with Gasteiger partial charge in [-0.15, -0.1) is 0 Å². The number of hydrogen-bond acceptors (Lipinski definition) is 8. The van der Waals surface area contributed by atoms with Gasteiger partial charge in [0.05, 0.1) is 6.61 Å². The highest BCUT2D eigenvalue weighted by molar-refractivity contribution is 8.05. The molecule has 2 aromatic heterocycles. The Bertz CT molecular complexity index is 1530. The van der Waals surface area contributed by atoms with Gasteiger partial charge in [0.25, 0.3) is 5.56 Å². The molecule has 0 bridgehead atoms. The maximum absolute atomic E-state index is 13.9. The molecule has 0 spiro atoms. The van der Waals surface area contributed by atoms with E-state index in [1.165, 1.54) is 4.90 Å². The van der Waals surface area contributed by atoms with Gasteiger partial charge in [0.15, 0.2) is 5.82 Å². The van der Waals surface area contributed by atoms with Crippen LogP contribution >= 0.6 is 23.5 Å². The summed E-state index contributed by atoms with van der Waals surface area (Å²) in [5.41, 5.74) is 3.33. The van der Waals surface area contributed by atoms with Crippen LogP contribution in [0.3, 0.4) is 0 Å². The number of aromatic nitrogens is 3. The second kappa shape index (κ2) is 10.8. The predicted octanol–water partition coefficient (Wildman–Crippen LogP) is 5.79. The van der Waals surface area contributed by atoms with Crippen molar-refractivity contribution in [2.75, 3.05) is 36.6 Å². The highest BCUT2D eigenvalue weighted by Crippen LogP contribution is 2.52. The van der Waals surface area contributed by atoms with Gasteiger partial charge < -0.3 is 19.9 Å². The summed E-state index contributed by atoms with van der Waals surface area (Å²) in [6.45, 7) is 3.09. The molecule has 1 saturated heterocycles. The van der Waals surface area contributed by atoms with E-state index in [4.69, 9.17) is 4.74 Å². The zero-order chi connectivity index (χ0) is 26.1. The second-order valence-electron chi connectivity index (χ2n) is 9.14. The number of pyridine rings is 1. The first-order valence-electron chi connectivity index (χ1n) is 12.4. The lowest BCUT2D eigenvalue weighted by Crippen LogP contribution is -2.41. The maximum Gasteiger partial charge on any atom is 0.271 e. The average Bonchev–Trinajstić information content (AvgIpc) is 2.94. The molecule has 2 aromatic carbocycles. The van der Waals surface area contributed by atoms with Crippen LogP contribution < -0.4 is 15.8 Å². The lowest BCUT2D eigenvalue weighted by molar-refractivity contribution is 0.0378. The number of rotatable bonds is 6. The third kappa shape index (κ3) is 5.03. The van der Waals surface area contributed by atoms with Crippen molar-refractivity contribution in [2.24, 2.45) is 0 Å². The number of fused-ring (bicyclic) bond motifs is 2. The summed E-state index contributed by atoms with van der Waals surface area (Å²) < 4.78 is 20.1. The molecular formula is C28H26FN5O2S2. The number of anilines is 2.